The van der Waals surface area contributed by atoms with E-state index < -0.39 is 0 Å². The summed E-state index contributed by atoms with van der Waals surface area (Å²) >= 11 is 1.59. The first-order valence-electron chi connectivity index (χ1n) is 8.07. The lowest BCUT2D eigenvalue weighted by Gasteiger charge is -2.11. The zero-order valence-corrected chi connectivity index (χ0v) is 14.2. The van der Waals surface area contributed by atoms with Crippen LogP contribution in [0.2, 0.25) is 0 Å². The van der Waals surface area contributed by atoms with Crippen LogP contribution in [-0.2, 0) is 12.8 Å². The first kappa shape index (κ1) is 15.1. The quantitative estimate of drug-likeness (QED) is 0.765. The summed E-state index contributed by atoms with van der Waals surface area (Å²) in [7, 11) is 0. The molecule has 0 aliphatic heterocycles. The molecule has 3 aromatic heterocycles. The van der Waals surface area contributed by atoms with Gasteiger partial charge in [0.1, 0.15) is 0 Å². The van der Waals surface area contributed by atoms with E-state index in [9.17, 15) is 9.59 Å². The third kappa shape index (κ3) is 2.54. The third-order valence-electron chi connectivity index (χ3n) is 4.41. The molecular weight excluding hydrogens is 324 g/mol. The molecule has 6 nitrogen and oxygen atoms in total. The maximum Gasteiger partial charge on any atom is 0.253 e. The van der Waals surface area contributed by atoms with E-state index in [1.165, 1.54) is 0 Å². The van der Waals surface area contributed by atoms with Crippen LogP contribution in [0, 0.1) is 6.92 Å². The van der Waals surface area contributed by atoms with Crippen LogP contribution < -0.4 is 5.32 Å². The van der Waals surface area contributed by atoms with Gasteiger partial charge in [0.05, 0.1) is 16.8 Å². The fourth-order valence-corrected chi connectivity index (χ4v) is 4.03. The zero-order valence-electron chi connectivity index (χ0n) is 13.4. The molecule has 0 saturated carbocycles. The average Bonchev–Trinajstić information content (AvgIpc) is 3.19. The van der Waals surface area contributed by atoms with Crippen molar-refractivity contribution in [2.45, 2.75) is 32.6 Å². The van der Waals surface area contributed by atoms with E-state index >= 15 is 0 Å². The molecule has 0 bridgehead atoms. The number of amides is 1. The molecule has 0 unspecified atom stereocenters. The van der Waals surface area contributed by atoms with Crippen LogP contribution in [0.25, 0.3) is 4.96 Å². The number of H-pyrrole nitrogens is 1. The highest BCUT2D eigenvalue weighted by Crippen LogP contribution is 2.26. The summed E-state index contributed by atoms with van der Waals surface area (Å²) in [6.07, 6.45) is 6.82. The molecule has 0 aromatic carbocycles. The monoisotopic (exact) mass is 342 g/mol. The summed E-state index contributed by atoms with van der Waals surface area (Å²) in [6, 6.07) is 0. The van der Waals surface area contributed by atoms with Crippen molar-refractivity contribution < 1.29 is 9.59 Å². The van der Waals surface area contributed by atoms with Gasteiger partial charge in [-0.15, -0.1) is 11.3 Å². The van der Waals surface area contributed by atoms with Gasteiger partial charge in [0, 0.05) is 48.5 Å². The van der Waals surface area contributed by atoms with Crippen molar-refractivity contribution in [3.05, 3.63) is 46.0 Å². The number of carbonyl (C=O) groups is 2. The highest BCUT2D eigenvalue weighted by molar-refractivity contribution is 7.15. The average molecular weight is 342 g/mol. The van der Waals surface area contributed by atoms with E-state index in [0.717, 1.165) is 34.9 Å². The lowest BCUT2D eigenvalue weighted by Crippen LogP contribution is -2.28. The number of fused-ring (bicyclic) bond motifs is 2. The first-order chi connectivity index (χ1) is 11.6. The van der Waals surface area contributed by atoms with Crippen molar-refractivity contribution >= 4 is 28.0 Å². The van der Waals surface area contributed by atoms with E-state index in [1.807, 2.05) is 29.1 Å². The van der Waals surface area contributed by atoms with Crippen LogP contribution in [0.4, 0.5) is 0 Å². The summed E-state index contributed by atoms with van der Waals surface area (Å²) in [6.45, 7) is 2.35. The van der Waals surface area contributed by atoms with Crippen LogP contribution in [0.5, 0.6) is 0 Å². The molecule has 0 saturated heterocycles. The number of imidazole rings is 1. The number of aryl methyl sites for hydroxylation is 2. The molecule has 1 aliphatic rings. The number of rotatable bonds is 4. The van der Waals surface area contributed by atoms with Gasteiger partial charge in [-0.1, -0.05) is 0 Å². The second-order valence-electron chi connectivity index (χ2n) is 6.09. The molecule has 1 aliphatic carbocycles. The number of Topliss-reactive ketones (excluding diaryl/α,β-unsaturated/α-hetero) is 1. The van der Waals surface area contributed by atoms with E-state index in [1.54, 1.807) is 11.3 Å². The number of aromatic amines is 1. The Balaban J connectivity index is 1.46. The van der Waals surface area contributed by atoms with Crippen molar-refractivity contribution in [3.8, 4) is 0 Å². The zero-order chi connectivity index (χ0) is 16.7. The molecule has 3 heterocycles. The Morgan fingerprint density at radius 3 is 3.17 bits per heavy atom. The number of hydrogen-bond donors (Lipinski definition) is 2. The normalized spacial score (nSPS) is 14.1. The molecule has 3 aromatic rings. The molecule has 24 heavy (non-hydrogen) atoms. The molecule has 0 atom stereocenters. The van der Waals surface area contributed by atoms with E-state index in [-0.39, 0.29) is 11.7 Å². The first-order valence-corrected chi connectivity index (χ1v) is 8.95. The summed E-state index contributed by atoms with van der Waals surface area (Å²) in [5, 5.41) is 4.91. The number of ketones is 1. The van der Waals surface area contributed by atoms with Gasteiger partial charge in [0.15, 0.2) is 10.7 Å². The summed E-state index contributed by atoms with van der Waals surface area (Å²) < 4.78 is 1.98. The highest BCUT2D eigenvalue weighted by Gasteiger charge is 2.28. The molecule has 1 amide bonds. The molecule has 4 rings (SSSR count). The number of thiazole rings is 1. The molecular formula is C17H18N4O2S. The van der Waals surface area contributed by atoms with Gasteiger partial charge in [-0.25, -0.2) is 4.98 Å². The van der Waals surface area contributed by atoms with Gasteiger partial charge >= 0.3 is 0 Å². The lowest BCUT2D eigenvalue weighted by molar-refractivity contribution is 0.0928. The van der Waals surface area contributed by atoms with Crippen molar-refractivity contribution in [1.29, 1.82) is 0 Å². The van der Waals surface area contributed by atoms with Gasteiger partial charge < -0.3 is 10.3 Å². The molecule has 7 heteroatoms. The van der Waals surface area contributed by atoms with Gasteiger partial charge in [-0.3, -0.25) is 14.0 Å². The second-order valence-corrected chi connectivity index (χ2v) is 6.96. The minimum atomic E-state index is -0.179. The fraction of sp³-hybridized carbons (Fsp3) is 0.353. The standard InChI is InChI=1S/C17H18N4O2S/c1-10-14(15-12(19-10)3-2-4-13(15)22)16(23)18-6-5-11-9-21-7-8-24-17(21)20-11/h7-9,19H,2-6H2,1H3,(H,18,23). The van der Waals surface area contributed by atoms with E-state index in [2.05, 4.69) is 15.3 Å². The minimum absolute atomic E-state index is 0.0695. The van der Waals surface area contributed by atoms with Gasteiger partial charge in [-0.2, -0.15) is 0 Å². The highest BCUT2D eigenvalue weighted by atomic mass is 32.1. The Labute approximate surface area is 142 Å². The summed E-state index contributed by atoms with van der Waals surface area (Å²) in [5.74, 6) is -0.110. The third-order valence-corrected chi connectivity index (χ3v) is 5.18. The van der Waals surface area contributed by atoms with Crippen LogP contribution >= 0.6 is 11.3 Å². The largest absolute Gasteiger partial charge is 0.361 e. The minimum Gasteiger partial charge on any atom is -0.361 e. The predicted molar refractivity (Wildman–Crippen MR) is 91.9 cm³/mol. The van der Waals surface area contributed by atoms with Crippen LogP contribution in [-0.4, -0.2) is 32.6 Å². The molecule has 0 fully saturated rings. The van der Waals surface area contributed by atoms with Gasteiger partial charge in [-0.05, 0) is 19.8 Å². The van der Waals surface area contributed by atoms with Crippen molar-refractivity contribution in [2.24, 2.45) is 0 Å². The van der Waals surface area contributed by atoms with E-state index in [0.29, 0.717) is 30.5 Å². The number of hydrogen-bond acceptors (Lipinski definition) is 4. The number of nitrogens with zero attached hydrogens (tertiary/aromatic N) is 2. The SMILES string of the molecule is Cc1[nH]c2c(c1C(=O)NCCc1cn3ccsc3n1)C(=O)CCC2. The molecule has 0 spiro atoms. The van der Waals surface area contributed by atoms with E-state index in [4.69, 9.17) is 0 Å². The van der Waals surface area contributed by atoms with Crippen LogP contribution in [0.15, 0.2) is 17.8 Å². The lowest BCUT2D eigenvalue weighted by atomic mass is 9.93. The Bertz CT molecular complexity index is 905. The van der Waals surface area contributed by atoms with Gasteiger partial charge in [0.2, 0.25) is 0 Å². The molecule has 124 valence electrons. The maximum absolute atomic E-state index is 12.5. The van der Waals surface area contributed by atoms with Crippen molar-refractivity contribution in [3.63, 3.8) is 0 Å². The fourth-order valence-electron chi connectivity index (χ4n) is 3.31. The molecule has 0 radical (unpaired) electrons. The number of carbonyl (C=O) groups excluding carboxylic acids is 2. The van der Waals surface area contributed by atoms with Crippen molar-refractivity contribution in [2.75, 3.05) is 6.54 Å². The Morgan fingerprint density at radius 1 is 1.46 bits per heavy atom. The summed E-state index contributed by atoms with van der Waals surface area (Å²) in [5.41, 5.74) is 3.74. The Hall–Kier alpha value is -2.41. The van der Waals surface area contributed by atoms with Crippen LogP contribution in [0.3, 0.4) is 0 Å². The topological polar surface area (TPSA) is 79.3 Å². The smallest absolute Gasteiger partial charge is 0.253 e. The predicted octanol–water partition coefficient (Wildman–Crippen LogP) is 2.52. The maximum atomic E-state index is 12.5. The van der Waals surface area contributed by atoms with Gasteiger partial charge in [0.25, 0.3) is 5.91 Å². The van der Waals surface area contributed by atoms with Crippen LogP contribution in [0.1, 0.15) is 50.6 Å². The Kier molecular flexibility index (Phi) is 3.72. The Morgan fingerprint density at radius 2 is 2.33 bits per heavy atom. The summed E-state index contributed by atoms with van der Waals surface area (Å²) in [4.78, 5) is 33.4. The molecule has 2 N–H and O–H groups in total. The number of aromatic nitrogens is 3. The van der Waals surface area contributed by atoms with Crippen molar-refractivity contribution in [1.82, 2.24) is 19.7 Å². The second kappa shape index (κ2) is 5.90. The number of nitrogens with one attached hydrogen (secondary N) is 2.